The molecule has 0 atom stereocenters. The Morgan fingerprint density at radius 3 is 2.69 bits per heavy atom. The molecule has 0 aliphatic heterocycles. The molecule has 0 bridgehead atoms. The first-order valence-electron chi connectivity index (χ1n) is 4.91. The van der Waals surface area contributed by atoms with Crippen molar-refractivity contribution >= 4 is 6.29 Å². The Bertz CT molecular complexity index is 546. The smallest absolute Gasteiger partial charge is 0.155 e. The zero-order valence-corrected chi connectivity index (χ0v) is 9.07. The van der Waals surface area contributed by atoms with Crippen LogP contribution in [0.25, 0.3) is 5.69 Å². The van der Waals surface area contributed by atoms with Gasteiger partial charge >= 0.3 is 0 Å². The molecule has 0 saturated heterocycles. The van der Waals surface area contributed by atoms with Crippen LogP contribution in [0.4, 0.5) is 4.39 Å². The van der Waals surface area contributed by atoms with Crippen molar-refractivity contribution in [1.82, 2.24) is 9.78 Å². The molecule has 0 aliphatic rings. The predicted octanol–water partition coefficient (Wildman–Crippen LogP) is 2.44. The molecule has 2 rings (SSSR count). The van der Waals surface area contributed by atoms with E-state index in [-0.39, 0.29) is 5.56 Å². The Morgan fingerprint density at radius 1 is 1.38 bits per heavy atom. The van der Waals surface area contributed by atoms with Gasteiger partial charge in [0.1, 0.15) is 5.82 Å². The zero-order chi connectivity index (χ0) is 11.7. The van der Waals surface area contributed by atoms with Crippen molar-refractivity contribution < 1.29 is 9.18 Å². The maximum Gasteiger partial charge on any atom is 0.155 e. The zero-order valence-electron chi connectivity index (χ0n) is 9.07. The van der Waals surface area contributed by atoms with Crippen LogP contribution in [0.15, 0.2) is 24.3 Å². The molecule has 1 aromatic carbocycles. The van der Waals surface area contributed by atoms with Crippen LogP contribution >= 0.6 is 0 Å². The molecule has 0 unspecified atom stereocenters. The number of rotatable bonds is 2. The second kappa shape index (κ2) is 3.89. The van der Waals surface area contributed by atoms with Gasteiger partial charge in [-0.05, 0) is 32.0 Å². The van der Waals surface area contributed by atoms with Gasteiger partial charge in [-0.2, -0.15) is 5.10 Å². The van der Waals surface area contributed by atoms with E-state index >= 15 is 0 Å². The van der Waals surface area contributed by atoms with Gasteiger partial charge in [0.25, 0.3) is 0 Å². The molecular formula is C12H11FN2O. The van der Waals surface area contributed by atoms with Gasteiger partial charge in [-0.15, -0.1) is 0 Å². The highest BCUT2D eigenvalue weighted by molar-refractivity contribution is 5.81. The van der Waals surface area contributed by atoms with Crippen molar-refractivity contribution in [3.05, 3.63) is 47.0 Å². The number of carbonyl (C=O) groups is 1. The first-order valence-corrected chi connectivity index (χ1v) is 4.91. The molecule has 1 heterocycles. The van der Waals surface area contributed by atoms with Crippen molar-refractivity contribution in [2.24, 2.45) is 0 Å². The van der Waals surface area contributed by atoms with Crippen molar-refractivity contribution in [3.63, 3.8) is 0 Å². The summed E-state index contributed by atoms with van der Waals surface area (Å²) < 4.78 is 15.0. The van der Waals surface area contributed by atoms with Crippen LogP contribution in [0.2, 0.25) is 0 Å². The second-order valence-electron chi connectivity index (χ2n) is 3.63. The fourth-order valence-electron chi connectivity index (χ4n) is 1.70. The third-order valence-corrected chi connectivity index (χ3v) is 2.39. The van der Waals surface area contributed by atoms with Crippen LogP contribution in [0, 0.1) is 19.7 Å². The van der Waals surface area contributed by atoms with Gasteiger partial charge in [-0.25, -0.2) is 9.07 Å². The van der Waals surface area contributed by atoms with Gasteiger partial charge in [-0.1, -0.05) is 6.07 Å². The average molecular weight is 218 g/mol. The molecule has 82 valence electrons. The third-order valence-electron chi connectivity index (χ3n) is 2.39. The largest absolute Gasteiger partial charge is 0.298 e. The minimum Gasteiger partial charge on any atom is -0.298 e. The highest BCUT2D eigenvalue weighted by Crippen LogP contribution is 2.18. The molecule has 0 radical (unpaired) electrons. The number of aldehydes is 1. The molecule has 0 saturated carbocycles. The van der Waals surface area contributed by atoms with Crippen LogP contribution in [0.5, 0.6) is 0 Å². The maximum absolute atomic E-state index is 13.4. The summed E-state index contributed by atoms with van der Waals surface area (Å²) in [5.41, 5.74) is 2.21. The Balaban J connectivity index is 2.68. The van der Waals surface area contributed by atoms with Crippen LogP contribution in [-0.4, -0.2) is 16.1 Å². The van der Waals surface area contributed by atoms with E-state index in [2.05, 4.69) is 5.10 Å². The number of aromatic nitrogens is 2. The summed E-state index contributed by atoms with van der Waals surface area (Å²) in [6.45, 7) is 3.71. The van der Waals surface area contributed by atoms with E-state index in [1.807, 2.05) is 19.9 Å². The molecule has 0 spiro atoms. The van der Waals surface area contributed by atoms with Gasteiger partial charge in [-0.3, -0.25) is 4.79 Å². The van der Waals surface area contributed by atoms with E-state index in [0.29, 0.717) is 12.0 Å². The van der Waals surface area contributed by atoms with E-state index in [4.69, 9.17) is 0 Å². The van der Waals surface area contributed by atoms with Gasteiger partial charge < -0.3 is 0 Å². The van der Waals surface area contributed by atoms with Crippen molar-refractivity contribution in [2.75, 3.05) is 0 Å². The van der Waals surface area contributed by atoms with Gasteiger partial charge in [0, 0.05) is 5.69 Å². The molecular weight excluding hydrogens is 207 g/mol. The number of benzene rings is 1. The summed E-state index contributed by atoms with van der Waals surface area (Å²) in [6, 6.07) is 6.37. The summed E-state index contributed by atoms with van der Waals surface area (Å²) in [6.07, 6.45) is 0.515. The Labute approximate surface area is 92.5 Å². The first kappa shape index (κ1) is 10.5. The van der Waals surface area contributed by atoms with Crippen molar-refractivity contribution in [2.45, 2.75) is 13.8 Å². The fraction of sp³-hybridized carbons (Fsp3) is 0.167. The minimum atomic E-state index is -0.528. The lowest BCUT2D eigenvalue weighted by Gasteiger charge is -2.07. The molecule has 4 heteroatoms. The molecule has 1 aromatic heterocycles. The van der Waals surface area contributed by atoms with E-state index in [0.717, 1.165) is 11.4 Å². The van der Waals surface area contributed by atoms with Crippen LogP contribution in [0.3, 0.4) is 0 Å². The Hall–Kier alpha value is -1.97. The van der Waals surface area contributed by atoms with E-state index in [1.165, 1.54) is 6.07 Å². The van der Waals surface area contributed by atoms with E-state index < -0.39 is 5.82 Å². The number of hydrogen-bond acceptors (Lipinski definition) is 2. The molecule has 0 amide bonds. The minimum absolute atomic E-state index is 0.0358. The fourth-order valence-corrected chi connectivity index (χ4v) is 1.70. The van der Waals surface area contributed by atoms with E-state index in [9.17, 15) is 9.18 Å². The normalized spacial score (nSPS) is 10.4. The number of nitrogens with zero attached hydrogens (tertiary/aromatic N) is 2. The van der Waals surface area contributed by atoms with Gasteiger partial charge in [0.15, 0.2) is 6.29 Å². The third kappa shape index (κ3) is 1.62. The quantitative estimate of drug-likeness (QED) is 0.725. The number of halogens is 1. The van der Waals surface area contributed by atoms with Gasteiger partial charge in [0.2, 0.25) is 0 Å². The SMILES string of the molecule is Cc1cc(C)n(-c2cccc(F)c2C=O)n1. The number of hydrogen-bond donors (Lipinski definition) is 0. The number of carbonyl (C=O) groups excluding carboxylic acids is 1. The lowest BCUT2D eigenvalue weighted by Crippen LogP contribution is -2.04. The second-order valence-corrected chi connectivity index (χ2v) is 3.63. The number of aryl methyl sites for hydroxylation is 2. The molecule has 0 fully saturated rings. The standard InChI is InChI=1S/C12H11FN2O/c1-8-6-9(2)15(14-8)12-5-3-4-11(13)10(12)7-16/h3-7H,1-2H3. The van der Waals surface area contributed by atoms with Gasteiger partial charge in [0.05, 0.1) is 16.9 Å². The molecule has 2 aromatic rings. The highest BCUT2D eigenvalue weighted by Gasteiger charge is 2.11. The maximum atomic E-state index is 13.4. The summed E-state index contributed by atoms with van der Waals surface area (Å²) in [5, 5.41) is 4.22. The topological polar surface area (TPSA) is 34.9 Å². The van der Waals surface area contributed by atoms with Crippen LogP contribution in [-0.2, 0) is 0 Å². The molecule has 3 nitrogen and oxygen atoms in total. The van der Waals surface area contributed by atoms with Crippen molar-refractivity contribution in [1.29, 1.82) is 0 Å². The Kier molecular flexibility index (Phi) is 2.56. The summed E-state index contributed by atoms with van der Waals surface area (Å²) in [5.74, 6) is -0.528. The van der Waals surface area contributed by atoms with Crippen LogP contribution in [0.1, 0.15) is 21.7 Å². The van der Waals surface area contributed by atoms with E-state index in [1.54, 1.807) is 16.8 Å². The monoisotopic (exact) mass is 218 g/mol. The van der Waals surface area contributed by atoms with Crippen LogP contribution < -0.4 is 0 Å². The Morgan fingerprint density at radius 2 is 2.12 bits per heavy atom. The molecule has 0 aliphatic carbocycles. The molecule has 16 heavy (non-hydrogen) atoms. The predicted molar refractivity (Wildman–Crippen MR) is 58.4 cm³/mol. The average Bonchev–Trinajstić information content (AvgIpc) is 2.57. The lowest BCUT2D eigenvalue weighted by atomic mass is 10.2. The first-order chi connectivity index (χ1) is 7.63. The summed E-state index contributed by atoms with van der Waals surface area (Å²) in [7, 11) is 0. The molecule has 0 N–H and O–H groups in total. The summed E-state index contributed by atoms with van der Waals surface area (Å²) >= 11 is 0. The lowest BCUT2D eigenvalue weighted by molar-refractivity contribution is 0.111. The van der Waals surface area contributed by atoms with Crippen molar-refractivity contribution in [3.8, 4) is 5.69 Å². The highest BCUT2D eigenvalue weighted by atomic mass is 19.1. The summed E-state index contributed by atoms with van der Waals surface area (Å²) in [4.78, 5) is 10.9.